The van der Waals surface area contributed by atoms with Crippen molar-refractivity contribution in [2.24, 2.45) is 5.73 Å². The lowest BCUT2D eigenvalue weighted by Crippen LogP contribution is -2.36. The maximum absolute atomic E-state index is 11.1. The number of nitrogens with one attached hydrogen (secondary N) is 1. The lowest BCUT2D eigenvalue weighted by atomic mass is 10.1. The highest BCUT2D eigenvalue weighted by Crippen LogP contribution is 2.09. The van der Waals surface area contributed by atoms with Crippen molar-refractivity contribution in [1.29, 1.82) is 0 Å². The Morgan fingerprint density at radius 1 is 1.33 bits per heavy atom. The van der Waals surface area contributed by atoms with Crippen molar-refractivity contribution < 1.29 is 4.79 Å². The van der Waals surface area contributed by atoms with Gasteiger partial charge in [0.15, 0.2) is 0 Å². The summed E-state index contributed by atoms with van der Waals surface area (Å²) in [6.07, 6.45) is 5.61. The molecule has 3 N–H and O–H groups in total. The Morgan fingerprint density at radius 2 is 1.95 bits per heavy atom. The van der Waals surface area contributed by atoms with Crippen molar-refractivity contribution in [2.45, 2.75) is 52.6 Å². The molecule has 0 aliphatic heterocycles. The molecule has 1 heterocycles. The second-order valence-electron chi connectivity index (χ2n) is 6.24. The molecule has 0 saturated heterocycles. The third-order valence-electron chi connectivity index (χ3n) is 2.93. The Hall–Kier alpha value is -1.69. The molecule has 0 radical (unpaired) electrons. The topological polar surface area (TPSA) is 84.1 Å². The Labute approximate surface area is 127 Å². The van der Waals surface area contributed by atoms with Gasteiger partial charge in [-0.05, 0) is 27.2 Å². The van der Waals surface area contributed by atoms with Crippen LogP contribution >= 0.6 is 0 Å². The fourth-order valence-corrected chi connectivity index (χ4v) is 1.76. The molecule has 118 valence electrons. The highest BCUT2D eigenvalue weighted by molar-refractivity contribution is 5.78. The number of rotatable bonds is 8. The van der Waals surface area contributed by atoms with E-state index in [1.165, 1.54) is 0 Å². The molecule has 0 saturated carbocycles. The van der Waals surface area contributed by atoms with Crippen LogP contribution in [-0.4, -0.2) is 34.5 Å². The fourth-order valence-electron chi connectivity index (χ4n) is 1.76. The second kappa shape index (κ2) is 7.93. The highest BCUT2D eigenvalue weighted by atomic mass is 16.1. The Morgan fingerprint density at radius 3 is 2.43 bits per heavy atom. The van der Waals surface area contributed by atoms with Gasteiger partial charge in [0.25, 0.3) is 0 Å². The van der Waals surface area contributed by atoms with E-state index < -0.39 is 0 Å². The Bertz CT molecular complexity index is 438. The van der Waals surface area contributed by atoms with Gasteiger partial charge >= 0.3 is 0 Å². The zero-order valence-corrected chi connectivity index (χ0v) is 13.5. The standard InChI is InChI=1S/C15H27N5O/c1-5-6-7-20(11-13(16)21)14-17-8-12(9-18-14)10-19-15(2,3)4/h8-9,19H,5-7,10-11H2,1-4H3,(H2,16,21). The Kier molecular flexibility index (Phi) is 6.55. The summed E-state index contributed by atoms with van der Waals surface area (Å²) in [7, 11) is 0. The average molecular weight is 293 g/mol. The predicted molar refractivity (Wildman–Crippen MR) is 84.9 cm³/mol. The van der Waals surface area contributed by atoms with Crippen molar-refractivity contribution in [2.75, 3.05) is 18.0 Å². The van der Waals surface area contributed by atoms with E-state index >= 15 is 0 Å². The lowest BCUT2D eigenvalue weighted by molar-refractivity contribution is -0.116. The minimum atomic E-state index is -0.367. The Balaban J connectivity index is 2.70. The van der Waals surface area contributed by atoms with Gasteiger partial charge in [-0.25, -0.2) is 9.97 Å². The first kappa shape index (κ1) is 17.4. The summed E-state index contributed by atoms with van der Waals surface area (Å²) in [5.74, 6) is 0.190. The van der Waals surface area contributed by atoms with Gasteiger partial charge in [0.05, 0.1) is 6.54 Å². The molecule has 1 aromatic rings. The molecule has 0 fully saturated rings. The van der Waals surface area contributed by atoms with E-state index in [2.05, 4.69) is 43.0 Å². The number of anilines is 1. The summed E-state index contributed by atoms with van der Waals surface area (Å²) in [6, 6.07) is 0. The van der Waals surface area contributed by atoms with Crippen LogP contribution in [0.2, 0.25) is 0 Å². The average Bonchev–Trinajstić information content (AvgIpc) is 2.40. The number of hydrogen-bond donors (Lipinski definition) is 2. The molecule has 21 heavy (non-hydrogen) atoms. The lowest BCUT2D eigenvalue weighted by Gasteiger charge is -2.22. The number of aromatic nitrogens is 2. The molecule has 0 bridgehead atoms. The van der Waals surface area contributed by atoms with Crippen molar-refractivity contribution in [3.63, 3.8) is 0 Å². The monoisotopic (exact) mass is 293 g/mol. The number of nitrogens with two attached hydrogens (primary N) is 1. The summed E-state index contributed by atoms with van der Waals surface area (Å²) < 4.78 is 0. The molecule has 0 atom stereocenters. The van der Waals surface area contributed by atoms with Gasteiger partial charge in [-0.2, -0.15) is 0 Å². The number of primary amides is 1. The van der Waals surface area contributed by atoms with E-state index in [4.69, 9.17) is 5.73 Å². The van der Waals surface area contributed by atoms with Gasteiger partial charge in [-0.15, -0.1) is 0 Å². The van der Waals surface area contributed by atoms with Crippen LogP contribution in [0.25, 0.3) is 0 Å². The summed E-state index contributed by atoms with van der Waals surface area (Å²) in [5, 5.41) is 3.39. The van der Waals surface area contributed by atoms with E-state index in [1.807, 2.05) is 4.90 Å². The van der Waals surface area contributed by atoms with Crippen molar-refractivity contribution in [1.82, 2.24) is 15.3 Å². The molecule has 1 rings (SSSR count). The van der Waals surface area contributed by atoms with E-state index in [0.29, 0.717) is 12.5 Å². The van der Waals surface area contributed by atoms with Crippen molar-refractivity contribution in [3.8, 4) is 0 Å². The molecule has 0 aliphatic carbocycles. The quantitative estimate of drug-likeness (QED) is 0.758. The zero-order chi connectivity index (χ0) is 15.9. The minimum absolute atomic E-state index is 0.0534. The van der Waals surface area contributed by atoms with Gasteiger partial charge in [0.2, 0.25) is 11.9 Å². The van der Waals surface area contributed by atoms with Crippen molar-refractivity contribution >= 4 is 11.9 Å². The van der Waals surface area contributed by atoms with Gasteiger partial charge in [0.1, 0.15) is 0 Å². The first-order valence-corrected chi connectivity index (χ1v) is 7.41. The van der Waals surface area contributed by atoms with Crippen LogP contribution < -0.4 is 16.0 Å². The van der Waals surface area contributed by atoms with E-state index in [0.717, 1.165) is 24.9 Å². The zero-order valence-electron chi connectivity index (χ0n) is 13.5. The van der Waals surface area contributed by atoms with Crippen molar-refractivity contribution in [3.05, 3.63) is 18.0 Å². The molecule has 1 aromatic heterocycles. The predicted octanol–water partition coefficient (Wildman–Crippen LogP) is 1.46. The van der Waals surface area contributed by atoms with Gasteiger partial charge in [-0.3, -0.25) is 4.79 Å². The van der Waals surface area contributed by atoms with Crippen LogP contribution in [0.15, 0.2) is 12.4 Å². The normalized spacial score (nSPS) is 11.4. The molecule has 0 spiro atoms. The van der Waals surface area contributed by atoms with Crippen LogP contribution in [0.4, 0.5) is 5.95 Å². The first-order valence-electron chi connectivity index (χ1n) is 7.41. The molecule has 0 aromatic carbocycles. The maximum atomic E-state index is 11.1. The van der Waals surface area contributed by atoms with E-state index in [1.54, 1.807) is 12.4 Å². The van der Waals surface area contributed by atoms with E-state index in [9.17, 15) is 4.79 Å². The number of unbranched alkanes of at least 4 members (excludes halogenated alkanes) is 1. The largest absolute Gasteiger partial charge is 0.368 e. The van der Waals surface area contributed by atoms with E-state index in [-0.39, 0.29) is 18.0 Å². The molecule has 0 aliphatic rings. The third-order valence-corrected chi connectivity index (χ3v) is 2.93. The molecule has 1 amide bonds. The summed E-state index contributed by atoms with van der Waals surface area (Å²) in [6.45, 7) is 10.0. The number of amides is 1. The van der Waals surface area contributed by atoms with Gasteiger partial charge in [-0.1, -0.05) is 13.3 Å². The summed E-state index contributed by atoms with van der Waals surface area (Å²) >= 11 is 0. The van der Waals surface area contributed by atoms with Crippen LogP contribution in [-0.2, 0) is 11.3 Å². The SMILES string of the molecule is CCCCN(CC(N)=O)c1ncc(CNC(C)(C)C)cn1. The summed E-state index contributed by atoms with van der Waals surface area (Å²) in [5.41, 5.74) is 6.35. The number of hydrogen-bond acceptors (Lipinski definition) is 5. The molecular weight excluding hydrogens is 266 g/mol. The second-order valence-corrected chi connectivity index (χ2v) is 6.24. The maximum Gasteiger partial charge on any atom is 0.237 e. The number of nitrogens with zero attached hydrogens (tertiary/aromatic N) is 3. The molecule has 0 unspecified atom stereocenters. The first-order chi connectivity index (χ1) is 9.81. The van der Waals surface area contributed by atoms with Gasteiger partial charge < -0.3 is 16.0 Å². The van der Waals surface area contributed by atoms with Crippen LogP contribution in [0, 0.1) is 0 Å². The van der Waals surface area contributed by atoms with Crippen LogP contribution in [0.3, 0.4) is 0 Å². The number of carbonyl (C=O) groups is 1. The molecule has 6 nitrogen and oxygen atoms in total. The number of carbonyl (C=O) groups excluding carboxylic acids is 1. The minimum Gasteiger partial charge on any atom is -0.368 e. The molecule has 6 heteroatoms. The van der Waals surface area contributed by atoms with Gasteiger partial charge in [0, 0.05) is 36.6 Å². The fraction of sp³-hybridized carbons (Fsp3) is 0.667. The summed E-state index contributed by atoms with van der Waals surface area (Å²) in [4.78, 5) is 21.7. The molecular formula is C15H27N5O. The van der Waals surface area contributed by atoms with Crippen LogP contribution in [0.5, 0.6) is 0 Å². The smallest absolute Gasteiger partial charge is 0.237 e. The third kappa shape index (κ3) is 7.04. The van der Waals surface area contributed by atoms with Crippen LogP contribution in [0.1, 0.15) is 46.1 Å². The highest BCUT2D eigenvalue weighted by Gasteiger charge is 2.13.